The quantitative estimate of drug-likeness (QED) is 0.787. The molecule has 2 atom stereocenters. The number of nitrogens with one attached hydrogen (secondary N) is 2. The largest absolute Gasteiger partial charge is 0.352 e. The molecule has 0 saturated carbocycles. The molecule has 6 heteroatoms. The first-order chi connectivity index (χ1) is 12.6. The van der Waals surface area contributed by atoms with Crippen LogP contribution in [0.1, 0.15) is 41.0 Å². The molecule has 5 nitrogen and oxygen atoms in total. The lowest BCUT2D eigenvalue weighted by Crippen LogP contribution is -2.47. The van der Waals surface area contributed by atoms with Crippen LogP contribution in [0.2, 0.25) is 0 Å². The van der Waals surface area contributed by atoms with Crippen molar-refractivity contribution in [3.05, 3.63) is 58.3 Å². The zero-order valence-corrected chi connectivity index (χ0v) is 15.8. The van der Waals surface area contributed by atoms with Crippen molar-refractivity contribution in [3.63, 3.8) is 0 Å². The van der Waals surface area contributed by atoms with Crippen molar-refractivity contribution in [2.24, 2.45) is 0 Å². The Balaban J connectivity index is 1.55. The molecule has 2 heterocycles. The summed E-state index contributed by atoms with van der Waals surface area (Å²) in [6, 6.07) is 12.7. The second-order valence-electron chi connectivity index (χ2n) is 6.58. The van der Waals surface area contributed by atoms with Crippen LogP contribution in [0.4, 0.5) is 0 Å². The first-order valence-electron chi connectivity index (χ1n) is 9.06. The van der Waals surface area contributed by atoms with E-state index < -0.39 is 6.04 Å². The molecular weight excluding hydrogens is 346 g/mol. The molecule has 2 amide bonds. The standard InChI is InChI=1S/C20H25N3O2S/c1-15(22-20(25)16-8-3-2-4-9-16)19(24)21-14-17(18-10-7-13-26-18)23-11-5-6-12-23/h2-4,7-10,13,15,17H,5-6,11-12,14H2,1H3,(H,21,24)(H,22,25). The summed E-state index contributed by atoms with van der Waals surface area (Å²) in [5.74, 6) is -0.391. The van der Waals surface area contributed by atoms with E-state index in [1.165, 1.54) is 17.7 Å². The van der Waals surface area contributed by atoms with Crippen molar-refractivity contribution < 1.29 is 9.59 Å². The highest BCUT2D eigenvalue weighted by Crippen LogP contribution is 2.27. The topological polar surface area (TPSA) is 61.4 Å². The van der Waals surface area contributed by atoms with Gasteiger partial charge in [-0.15, -0.1) is 11.3 Å². The molecule has 2 aromatic rings. The van der Waals surface area contributed by atoms with Gasteiger partial charge in [0.25, 0.3) is 5.91 Å². The van der Waals surface area contributed by atoms with Crippen molar-refractivity contribution in [1.29, 1.82) is 0 Å². The Morgan fingerprint density at radius 1 is 1.12 bits per heavy atom. The number of nitrogens with zero attached hydrogens (tertiary/aromatic N) is 1. The molecule has 1 aliphatic rings. The number of thiophene rings is 1. The fourth-order valence-corrected chi connectivity index (χ4v) is 4.09. The van der Waals surface area contributed by atoms with Gasteiger partial charge in [-0.1, -0.05) is 24.3 Å². The second-order valence-corrected chi connectivity index (χ2v) is 7.56. The Morgan fingerprint density at radius 2 is 1.85 bits per heavy atom. The predicted octanol–water partition coefficient (Wildman–Crippen LogP) is 2.82. The van der Waals surface area contributed by atoms with Crippen molar-refractivity contribution in [2.45, 2.75) is 31.8 Å². The molecule has 0 spiro atoms. The number of likely N-dealkylation sites (tertiary alicyclic amines) is 1. The fourth-order valence-electron chi connectivity index (χ4n) is 3.23. The van der Waals surface area contributed by atoms with Crippen LogP contribution >= 0.6 is 11.3 Å². The summed E-state index contributed by atoms with van der Waals surface area (Å²) in [6.45, 7) is 4.41. The molecule has 1 aromatic carbocycles. The maximum absolute atomic E-state index is 12.5. The molecule has 2 N–H and O–H groups in total. The Bertz CT molecular complexity index is 712. The second kappa shape index (κ2) is 8.96. The summed E-state index contributed by atoms with van der Waals surface area (Å²) in [6.07, 6.45) is 2.42. The van der Waals surface area contributed by atoms with Gasteiger partial charge in [-0.05, 0) is 56.4 Å². The number of hydrogen-bond donors (Lipinski definition) is 2. The molecule has 0 aliphatic carbocycles. The third-order valence-corrected chi connectivity index (χ3v) is 5.67. The molecule has 1 saturated heterocycles. The lowest BCUT2D eigenvalue weighted by atomic mass is 10.2. The molecular formula is C20H25N3O2S. The fraction of sp³-hybridized carbons (Fsp3) is 0.400. The number of benzene rings is 1. The van der Waals surface area contributed by atoms with E-state index in [2.05, 4.69) is 27.0 Å². The van der Waals surface area contributed by atoms with Gasteiger partial charge in [0.15, 0.2) is 0 Å². The molecule has 1 fully saturated rings. The molecule has 0 radical (unpaired) electrons. The molecule has 1 aliphatic heterocycles. The number of carbonyl (C=O) groups is 2. The van der Waals surface area contributed by atoms with Gasteiger partial charge < -0.3 is 10.6 Å². The number of carbonyl (C=O) groups excluding carboxylic acids is 2. The van der Waals surface area contributed by atoms with Gasteiger partial charge in [-0.2, -0.15) is 0 Å². The van der Waals surface area contributed by atoms with Gasteiger partial charge in [-0.3, -0.25) is 14.5 Å². The van der Waals surface area contributed by atoms with Crippen molar-refractivity contribution in [2.75, 3.05) is 19.6 Å². The summed E-state index contributed by atoms with van der Waals surface area (Å²) in [7, 11) is 0. The lowest BCUT2D eigenvalue weighted by Gasteiger charge is -2.27. The molecule has 0 bridgehead atoms. The summed E-state index contributed by atoms with van der Waals surface area (Å²) in [4.78, 5) is 28.4. The summed E-state index contributed by atoms with van der Waals surface area (Å²) in [5.41, 5.74) is 0.556. The molecule has 1 aromatic heterocycles. The zero-order valence-electron chi connectivity index (χ0n) is 15.0. The normalized spacial score (nSPS) is 16.8. The van der Waals surface area contributed by atoms with Gasteiger partial charge in [0.05, 0.1) is 6.04 Å². The Kier molecular flexibility index (Phi) is 6.41. The predicted molar refractivity (Wildman–Crippen MR) is 104 cm³/mol. The van der Waals surface area contributed by atoms with Gasteiger partial charge in [0.1, 0.15) is 6.04 Å². The van der Waals surface area contributed by atoms with E-state index in [4.69, 9.17) is 0 Å². The average molecular weight is 372 g/mol. The Labute approximate surface area is 158 Å². The first-order valence-corrected chi connectivity index (χ1v) is 9.94. The zero-order chi connectivity index (χ0) is 18.4. The number of amides is 2. The minimum absolute atomic E-state index is 0.157. The first kappa shape index (κ1) is 18.6. The highest BCUT2D eigenvalue weighted by atomic mass is 32.1. The van der Waals surface area contributed by atoms with Crippen LogP contribution in [0.5, 0.6) is 0 Å². The van der Waals surface area contributed by atoms with E-state index in [1.54, 1.807) is 42.5 Å². The van der Waals surface area contributed by atoms with Crippen LogP contribution in [-0.4, -0.2) is 42.4 Å². The minimum atomic E-state index is -0.578. The summed E-state index contributed by atoms with van der Waals surface area (Å²) >= 11 is 1.72. The highest BCUT2D eigenvalue weighted by molar-refractivity contribution is 7.10. The van der Waals surface area contributed by atoms with Gasteiger partial charge in [0.2, 0.25) is 5.91 Å². The lowest BCUT2D eigenvalue weighted by molar-refractivity contribution is -0.122. The van der Waals surface area contributed by atoms with E-state index in [0.29, 0.717) is 12.1 Å². The minimum Gasteiger partial charge on any atom is -0.352 e. The summed E-state index contributed by atoms with van der Waals surface area (Å²) in [5, 5.41) is 7.85. The van der Waals surface area contributed by atoms with E-state index in [0.717, 1.165) is 13.1 Å². The van der Waals surface area contributed by atoms with Crippen LogP contribution in [0.25, 0.3) is 0 Å². The molecule has 3 rings (SSSR count). The van der Waals surface area contributed by atoms with Crippen molar-refractivity contribution in [1.82, 2.24) is 15.5 Å². The van der Waals surface area contributed by atoms with Gasteiger partial charge in [0, 0.05) is 17.0 Å². The Hall–Kier alpha value is -2.18. The van der Waals surface area contributed by atoms with Crippen LogP contribution < -0.4 is 10.6 Å². The van der Waals surface area contributed by atoms with Crippen molar-refractivity contribution in [3.8, 4) is 0 Å². The van der Waals surface area contributed by atoms with Crippen LogP contribution in [0.15, 0.2) is 47.8 Å². The van der Waals surface area contributed by atoms with Crippen LogP contribution in [0.3, 0.4) is 0 Å². The Morgan fingerprint density at radius 3 is 2.50 bits per heavy atom. The maximum Gasteiger partial charge on any atom is 0.251 e. The van der Waals surface area contributed by atoms with Gasteiger partial charge >= 0.3 is 0 Å². The number of rotatable bonds is 7. The SMILES string of the molecule is CC(NC(=O)c1ccccc1)C(=O)NCC(c1cccs1)N1CCCC1. The maximum atomic E-state index is 12.5. The van der Waals surface area contributed by atoms with E-state index in [9.17, 15) is 9.59 Å². The van der Waals surface area contributed by atoms with Crippen molar-refractivity contribution >= 4 is 23.2 Å². The smallest absolute Gasteiger partial charge is 0.251 e. The van der Waals surface area contributed by atoms with Crippen LogP contribution in [0, 0.1) is 0 Å². The molecule has 138 valence electrons. The molecule has 26 heavy (non-hydrogen) atoms. The van der Waals surface area contributed by atoms with Crippen LogP contribution in [-0.2, 0) is 4.79 Å². The third-order valence-electron chi connectivity index (χ3n) is 4.70. The van der Waals surface area contributed by atoms with E-state index in [1.807, 2.05) is 12.1 Å². The third kappa shape index (κ3) is 4.71. The summed E-state index contributed by atoms with van der Waals surface area (Å²) < 4.78 is 0. The highest BCUT2D eigenvalue weighted by Gasteiger charge is 2.25. The monoisotopic (exact) mass is 371 g/mol. The average Bonchev–Trinajstić information content (AvgIpc) is 3.37. The number of hydrogen-bond acceptors (Lipinski definition) is 4. The van der Waals surface area contributed by atoms with Gasteiger partial charge in [-0.25, -0.2) is 0 Å². The van der Waals surface area contributed by atoms with E-state index in [-0.39, 0.29) is 17.9 Å². The van der Waals surface area contributed by atoms with E-state index >= 15 is 0 Å². The molecule has 2 unspecified atom stereocenters.